The average Bonchev–Trinajstić information content (AvgIpc) is 3.43. The Hall–Kier alpha value is -3.40. The first-order chi connectivity index (χ1) is 18.6. The Morgan fingerprint density at radius 3 is 2.45 bits per heavy atom. The minimum absolute atomic E-state index is 0.0734. The van der Waals surface area contributed by atoms with Crippen molar-refractivity contribution >= 4 is 51.7 Å². The fourth-order valence-electron chi connectivity index (χ4n) is 9.01. The second-order valence-corrected chi connectivity index (χ2v) is 12.6. The van der Waals surface area contributed by atoms with Crippen LogP contribution in [0.4, 0.5) is 28.4 Å². The van der Waals surface area contributed by atoms with Crippen molar-refractivity contribution < 1.29 is 4.42 Å². The van der Waals surface area contributed by atoms with Crippen LogP contribution in [0.15, 0.2) is 71.1 Å². The fraction of sp³-hybridized carbons (Fsp3) is 0.353. The Kier molecular flexibility index (Phi) is 4.06. The summed E-state index contributed by atoms with van der Waals surface area (Å²) in [5, 5.41) is 0. The van der Waals surface area contributed by atoms with Crippen molar-refractivity contribution in [3.63, 3.8) is 0 Å². The molecule has 9 rings (SSSR count). The van der Waals surface area contributed by atoms with E-state index in [0.717, 1.165) is 12.8 Å². The van der Waals surface area contributed by atoms with Crippen LogP contribution >= 0.6 is 0 Å². The highest BCUT2D eigenvalue weighted by atomic mass is 16.3. The van der Waals surface area contributed by atoms with Gasteiger partial charge in [-0.05, 0) is 79.8 Å². The lowest BCUT2D eigenvalue weighted by molar-refractivity contribution is 0.195. The summed E-state index contributed by atoms with van der Waals surface area (Å²) < 4.78 is 6.99. The molecule has 3 aromatic carbocycles. The third-order valence-corrected chi connectivity index (χ3v) is 11.0. The minimum atomic E-state index is 0.0734. The first-order valence-electron chi connectivity index (χ1n) is 14.7. The summed E-state index contributed by atoms with van der Waals surface area (Å²) in [4.78, 5) is 5.33. The van der Waals surface area contributed by atoms with E-state index in [9.17, 15) is 0 Å². The van der Waals surface area contributed by atoms with Crippen LogP contribution in [-0.2, 0) is 18.3 Å². The number of hydrogen-bond acceptors (Lipinski definition) is 3. The molecule has 2 aliphatic carbocycles. The smallest absolute Gasteiger partial charge is 0.297 e. The van der Waals surface area contributed by atoms with Crippen LogP contribution < -0.4 is 26.4 Å². The first-order valence-corrected chi connectivity index (χ1v) is 14.7. The monoisotopic (exact) mass is 496 g/mol. The maximum atomic E-state index is 6.99. The van der Waals surface area contributed by atoms with Crippen molar-refractivity contribution in [1.29, 1.82) is 0 Å². The second kappa shape index (κ2) is 7.17. The summed E-state index contributed by atoms with van der Waals surface area (Å²) in [7, 11) is 0. The molecule has 0 bridgehead atoms. The molecule has 2 atom stereocenters. The predicted molar refractivity (Wildman–Crippen MR) is 157 cm³/mol. The highest BCUT2D eigenvalue weighted by Gasteiger charge is 2.62. The number of anilines is 5. The molecule has 0 spiro atoms. The van der Waals surface area contributed by atoms with Crippen molar-refractivity contribution in [3.8, 4) is 0 Å². The lowest BCUT2D eigenvalue weighted by Gasteiger charge is -2.52. The molecular formula is C34H33BN2O. The molecule has 1 saturated carbocycles. The number of fused-ring (bicyclic) bond motifs is 10. The molecule has 0 radical (unpaired) electrons. The molecule has 4 heteroatoms. The summed E-state index contributed by atoms with van der Waals surface area (Å²) in [6.07, 6.45) is 9.71. The normalized spacial score (nSPS) is 25.9. The standard InChI is InChI=1S/C34H33BN2O/c1-33-20-10-11-21-34(33,2)37-26-16-8-7-15-25(26)35-29-27(19-18-24(33)31(29)37)36(22-12-4-3-5-13-22)30-23-14-6-9-17-28(23)38-32(30)35/h3-5,7-8,12-13,15-16,18-19H,6,9-11,14,17,20-21H2,1-2H3. The molecule has 3 aliphatic heterocycles. The summed E-state index contributed by atoms with van der Waals surface area (Å²) >= 11 is 0. The molecule has 188 valence electrons. The molecule has 1 fully saturated rings. The van der Waals surface area contributed by atoms with Gasteiger partial charge in [0.1, 0.15) is 5.76 Å². The van der Waals surface area contributed by atoms with Crippen LogP contribution in [-0.4, -0.2) is 12.3 Å². The highest BCUT2D eigenvalue weighted by molar-refractivity contribution is 6.99. The van der Waals surface area contributed by atoms with E-state index in [1.165, 1.54) is 94.9 Å². The van der Waals surface area contributed by atoms with E-state index in [2.05, 4.69) is 90.4 Å². The SMILES string of the molecule is CC12CCCCC1(C)N1c3ccccc3B3c4oc5c(c4N(c4ccccc4)c4ccc2c1c43)CCCC5. The lowest BCUT2D eigenvalue weighted by Crippen LogP contribution is -2.64. The van der Waals surface area contributed by atoms with Gasteiger partial charge in [-0.3, -0.25) is 0 Å². The van der Waals surface area contributed by atoms with Gasteiger partial charge in [-0.1, -0.05) is 62.2 Å². The van der Waals surface area contributed by atoms with Crippen LogP contribution in [0.5, 0.6) is 0 Å². The van der Waals surface area contributed by atoms with Crippen LogP contribution in [0.2, 0.25) is 0 Å². The molecule has 4 heterocycles. The molecule has 1 aromatic heterocycles. The second-order valence-electron chi connectivity index (χ2n) is 12.6. The quantitative estimate of drug-likeness (QED) is 0.247. The van der Waals surface area contributed by atoms with Gasteiger partial charge in [0.05, 0.1) is 16.9 Å². The van der Waals surface area contributed by atoms with Crippen molar-refractivity contribution in [1.82, 2.24) is 0 Å². The molecule has 5 aliphatic rings. The molecule has 0 N–H and O–H groups in total. The van der Waals surface area contributed by atoms with E-state index in [-0.39, 0.29) is 17.7 Å². The zero-order valence-corrected chi connectivity index (χ0v) is 22.4. The fourth-order valence-corrected chi connectivity index (χ4v) is 9.01. The third kappa shape index (κ3) is 2.35. The van der Waals surface area contributed by atoms with Gasteiger partial charge < -0.3 is 14.2 Å². The zero-order chi connectivity index (χ0) is 25.2. The third-order valence-electron chi connectivity index (χ3n) is 11.0. The number of aryl methyl sites for hydroxylation is 1. The molecular weight excluding hydrogens is 463 g/mol. The number of hydrogen-bond donors (Lipinski definition) is 0. The largest absolute Gasteiger partial charge is 0.473 e. The summed E-state index contributed by atoms with van der Waals surface area (Å²) in [6, 6.07) is 25.2. The molecule has 38 heavy (non-hydrogen) atoms. The number of rotatable bonds is 1. The summed E-state index contributed by atoms with van der Waals surface area (Å²) in [5.41, 5.74) is 14.0. The van der Waals surface area contributed by atoms with Gasteiger partial charge in [0.25, 0.3) is 6.71 Å². The molecule has 0 saturated heterocycles. The summed E-state index contributed by atoms with van der Waals surface area (Å²) in [6.45, 7) is 5.24. The van der Waals surface area contributed by atoms with Crippen LogP contribution in [0, 0.1) is 0 Å². The van der Waals surface area contributed by atoms with E-state index in [1.807, 2.05) is 0 Å². The Morgan fingerprint density at radius 1 is 0.763 bits per heavy atom. The van der Waals surface area contributed by atoms with Crippen LogP contribution in [0.25, 0.3) is 0 Å². The lowest BCUT2D eigenvalue weighted by atomic mass is 9.35. The number of para-hydroxylation sites is 2. The van der Waals surface area contributed by atoms with Gasteiger partial charge in [0.2, 0.25) is 0 Å². The van der Waals surface area contributed by atoms with Gasteiger partial charge in [0, 0.05) is 40.1 Å². The molecule has 0 amide bonds. The van der Waals surface area contributed by atoms with Gasteiger partial charge in [-0.2, -0.15) is 0 Å². The van der Waals surface area contributed by atoms with Gasteiger partial charge in [-0.25, -0.2) is 0 Å². The van der Waals surface area contributed by atoms with Gasteiger partial charge in [0.15, 0.2) is 0 Å². The molecule has 2 unspecified atom stereocenters. The zero-order valence-electron chi connectivity index (χ0n) is 22.4. The number of furan rings is 1. The predicted octanol–water partition coefficient (Wildman–Crippen LogP) is 6.51. The Balaban J connectivity index is 1.43. The first kappa shape index (κ1) is 21.5. The topological polar surface area (TPSA) is 19.6 Å². The van der Waals surface area contributed by atoms with Gasteiger partial charge in [-0.15, -0.1) is 0 Å². The van der Waals surface area contributed by atoms with E-state index in [4.69, 9.17) is 4.42 Å². The minimum Gasteiger partial charge on any atom is -0.473 e. The van der Waals surface area contributed by atoms with Gasteiger partial charge >= 0.3 is 0 Å². The van der Waals surface area contributed by atoms with E-state index in [1.54, 1.807) is 5.56 Å². The van der Waals surface area contributed by atoms with Crippen LogP contribution in [0.1, 0.15) is 69.3 Å². The molecule has 4 aromatic rings. The maximum absolute atomic E-state index is 6.99. The number of benzene rings is 3. The molecule has 3 nitrogen and oxygen atoms in total. The van der Waals surface area contributed by atoms with E-state index >= 15 is 0 Å². The Labute approximate surface area is 225 Å². The average molecular weight is 496 g/mol. The Morgan fingerprint density at radius 2 is 1.55 bits per heavy atom. The van der Waals surface area contributed by atoms with E-state index in [0.29, 0.717) is 0 Å². The van der Waals surface area contributed by atoms with Crippen molar-refractivity contribution in [2.24, 2.45) is 0 Å². The van der Waals surface area contributed by atoms with E-state index < -0.39 is 0 Å². The number of nitrogens with zero attached hydrogens (tertiary/aromatic N) is 2. The van der Waals surface area contributed by atoms with Crippen molar-refractivity contribution in [2.45, 2.75) is 76.2 Å². The van der Waals surface area contributed by atoms with Crippen molar-refractivity contribution in [3.05, 3.63) is 83.6 Å². The van der Waals surface area contributed by atoms with Crippen molar-refractivity contribution in [2.75, 3.05) is 9.80 Å². The highest BCUT2D eigenvalue weighted by Crippen LogP contribution is 2.62. The Bertz CT molecular complexity index is 1640. The van der Waals surface area contributed by atoms with Crippen LogP contribution in [0.3, 0.4) is 0 Å². The summed E-state index contributed by atoms with van der Waals surface area (Å²) in [5.74, 6) is 1.22. The maximum Gasteiger partial charge on any atom is 0.297 e.